The molecule has 0 aromatic heterocycles. The molecule has 0 radical (unpaired) electrons. The molecule has 0 unspecified atom stereocenters. The molecule has 0 aliphatic rings. The number of carbonyl (C=O) groups is 1. The lowest BCUT2D eigenvalue weighted by Crippen LogP contribution is -2.09. The predicted molar refractivity (Wildman–Crippen MR) is 56.5 cm³/mol. The maximum atomic E-state index is 11.3. The molecule has 2 nitrogen and oxygen atoms in total. The smallest absolute Gasteiger partial charge is 0.162 e. The van der Waals surface area contributed by atoms with Gasteiger partial charge in [0, 0.05) is 13.5 Å². The lowest BCUT2D eigenvalue weighted by Gasteiger charge is -2.03. The van der Waals surface area contributed by atoms with Gasteiger partial charge < -0.3 is 4.74 Å². The van der Waals surface area contributed by atoms with Gasteiger partial charge in [-0.3, -0.25) is 4.79 Å². The van der Waals surface area contributed by atoms with Crippen molar-refractivity contribution in [1.29, 1.82) is 0 Å². The molecule has 0 spiro atoms. The first-order chi connectivity index (χ1) is 6.61. The van der Waals surface area contributed by atoms with Crippen LogP contribution in [0.3, 0.4) is 0 Å². The zero-order valence-corrected chi connectivity index (χ0v) is 8.96. The second kappa shape index (κ2) is 4.91. The topological polar surface area (TPSA) is 26.3 Å². The van der Waals surface area contributed by atoms with Crippen molar-refractivity contribution in [1.82, 2.24) is 0 Å². The Labute approximate surface area is 84.9 Å². The fourth-order valence-electron chi connectivity index (χ4n) is 1.61. The summed E-state index contributed by atoms with van der Waals surface area (Å²) in [4.78, 5) is 11.3. The Morgan fingerprint density at radius 1 is 1.21 bits per heavy atom. The van der Waals surface area contributed by atoms with Crippen molar-refractivity contribution >= 4 is 5.78 Å². The van der Waals surface area contributed by atoms with Crippen LogP contribution in [0.1, 0.15) is 16.7 Å². The van der Waals surface area contributed by atoms with Crippen molar-refractivity contribution in [3.8, 4) is 0 Å². The van der Waals surface area contributed by atoms with Crippen LogP contribution in [0, 0.1) is 13.8 Å². The molecule has 1 aromatic rings. The fraction of sp³-hybridized carbons (Fsp3) is 0.417. The van der Waals surface area contributed by atoms with Crippen molar-refractivity contribution < 1.29 is 9.53 Å². The summed E-state index contributed by atoms with van der Waals surface area (Å²) in [7, 11) is 1.54. The van der Waals surface area contributed by atoms with Gasteiger partial charge in [-0.15, -0.1) is 0 Å². The molecular weight excluding hydrogens is 176 g/mol. The van der Waals surface area contributed by atoms with E-state index in [1.54, 1.807) is 7.11 Å². The summed E-state index contributed by atoms with van der Waals surface area (Å²) >= 11 is 0. The molecule has 0 atom stereocenters. The minimum Gasteiger partial charge on any atom is -0.377 e. The van der Waals surface area contributed by atoms with Crippen LogP contribution in [-0.2, 0) is 16.0 Å². The van der Waals surface area contributed by atoms with E-state index in [-0.39, 0.29) is 12.4 Å². The zero-order valence-electron chi connectivity index (χ0n) is 8.96. The molecule has 0 amide bonds. The summed E-state index contributed by atoms with van der Waals surface area (Å²) < 4.78 is 4.79. The summed E-state index contributed by atoms with van der Waals surface area (Å²) in [5.41, 5.74) is 3.47. The summed E-state index contributed by atoms with van der Waals surface area (Å²) in [6.45, 7) is 4.28. The van der Waals surface area contributed by atoms with Gasteiger partial charge in [-0.05, 0) is 19.4 Å². The van der Waals surface area contributed by atoms with E-state index in [2.05, 4.69) is 6.07 Å². The first-order valence-electron chi connectivity index (χ1n) is 4.69. The highest BCUT2D eigenvalue weighted by molar-refractivity contribution is 5.82. The molecule has 0 bridgehead atoms. The Bertz CT molecular complexity index is 309. The number of benzene rings is 1. The highest BCUT2D eigenvalue weighted by Crippen LogP contribution is 2.09. The number of carbonyl (C=O) groups excluding carboxylic acids is 1. The van der Waals surface area contributed by atoms with Crippen LogP contribution >= 0.6 is 0 Å². The number of ether oxygens (including phenoxy) is 1. The van der Waals surface area contributed by atoms with Crippen LogP contribution < -0.4 is 0 Å². The Balaban J connectivity index is 2.71. The maximum Gasteiger partial charge on any atom is 0.162 e. The van der Waals surface area contributed by atoms with Crippen LogP contribution in [0.5, 0.6) is 0 Å². The summed E-state index contributed by atoms with van der Waals surface area (Å²) in [5, 5.41) is 0. The maximum absolute atomic E-state index is 11.3. The van der Waals surface area contributed by atoms with Gasteiger partial charge in [0.15, 0.2) is 5.78 Å². The van der Waals surface area contributed by atoms with Crippen LogP contribution in [0.25, 0.3) is 0 Å². The van der Waals surface area contributed by atoms with Gasteiger partial charge in [0.05, 0.1) is 0 Å². The van der Waals surface area contributed by atoms with Crippen LogP contribution in [0.15, 0.2) is 18.2 Å². The molecule has 14 heavy (non-hydrogen) atoms. The Kier molecular flexibility index (Phi) is 3.84. The van der Waals surface area contributed by atoms with Crippen molar-refractivity contribution in [3.63, 3.8) is 0 Å². The molecule has 0 fully saturated rings. The summed E-state index contributed by atoms with van der Waals surface area (Å²) in [6, 6.07) is 6.19. The lowest BCUT2D eigenvalue weighted by molar-refractivity contribution is -0.121. The van der Waals surface area contributed by atoms with Crippen LogP contribution in [-0.4, -0.2) is 19.5 Å². The number of hydrogen-bond donors (Lipinski definition) is 0. The van der Waals surface area contributed by atoms with Crippen LogP contribution in [0.4, 0.5) is 0 Å². The summed E-state index contributed by atoms with van der Waals surface area (Å²) in [5.74, 6) is 0.123. The van der Waals surface area contributed by atoms with E-state index < -0.39 is 0 Å². The molecular formula is C12H16O2. The van der Waals surface area contributed by atoms with Gasteiger partial charge in [-0.25, -0.2) is 0 Å². The number of Topliss-reactive ketones (excluding diaryl/α,β-unsaturated/α-hetero) is 1. The quantitative estimate of drug-likeness (QED) is 0.730. The van der Waals surface area contributed by atoms with E-state index in [1.807, 2.05) is 26.0 Å². The number of hydrogen-bond acceptors (Lipinski definition) is 2. The van der Waals surface area contributed by atoms with Crippen LogP contribution in [0.2, 0.25) is 0 Å². The average Bonchev–Trinajstić information content (AvgIpc) is 2.01. The molecule has 1 aromatic carbocycles. The van der Waals surface area contributed by atoms with Gasteiger partial charge in [-0.1, -0.05) is 29.3 Å². The standard InChI is InChI=1S/C12H16O2/c1-9-4-10(2)6-11(5-9)7-12(13)8-14-3/h4-6H,7-8H2,1-3H3. The molecule has 0 aliphatic carbocycles. The molecule has 0 saturated carbocycles. The van der Waals surface area contributed by atoms with E-state index in [4.69, 9.17) is 4.74 Å². The molecule has 0 N–H and O–H groups in total. The third-order valence-corrected chi connectivity index (χ3v) is 1.99. The van der Waals surface area contributed by atoms with Crippen molar-refractivity contribution in [2.24, 2.45) is 0 Å². The second-order valence-electron chi connectivity index (χ2n) is 3.64. The average molecular weight is 192 g/mol. The van der Waals surface area contributed by atoms with Crippen molar-refractivity contribution in [2.75, 3.05) is 13.7 Å². The lowest BCUT2D eigenvalue weighted by atomic mass is 10.0. The van der Waals surface area contributed by atoms with E-state index in [0.717, 1.165) is 5.56 Å². The molecule has 0 saturated heterocycles. The normalized spacial score (nSPS) is 10.2. The minimum absolute atomic E-state index is 0.123. The number of ketones is 1. The van der Waals surface area contributed by atoms with E-state index >= 15 is 0 Å². The largest absolute Gasteiger partial charge is 0.377 e. The summed E-state index contributed by atoms with van der Waals surface area (Å²) in [6.07, 6.45) is 0.469. The van der Waals surface area contributed by atoms with Crippen molar-refractivity contribution in [2.45, 2.75) is 20.3 Å². The third kappa shape index (κ3) is 3.30. The van der Waals surface area contributed by atoms with Gasteiger partial charge >= 0.3 is 0 Å². The highest BCUT2D eigenvalue weighted by atomic mass is 16.5. The first-order valence-corrected chi connectivity index (χ1v) is 4.69. The first kappa shape index (κ1) is 10.9. The molecule has 1 rings (SSSR count). The van der Waals surface area contributed by atoms with E-state index in [9.17, 15) is 4.79 Å². The monoisotopic (exact) mass is 192 g/mol. The Hall–Kier alpha value is -1.15. The van der Waals surface area contributed by atoms with Gasteiger partial charge in [0.2, 0.25) is 0 Å². The highest BCUT2D eigenvalue weighted by Gasteiger charge is 2.03. The number of methoxy groups -OCH3 is 1. The predicted octanol–water partition coefficient (Wildman–Crippen LogP) is 2.06. The second-order valence-corrected chi connectivity index (χ2v) is 3.64. The Morgan fingerprint density at radius 3 is 2.29 bits per heavy atom. The SMILES string of the molecule is COCC(=O)Cc1cc(C)cc(C)c1. The van der Waals surface area contributed by atoms with Gasteiger partial charge in [0.25, 0.3) is 0 Å². The molecule has 0 heterocycles. The van der Waals surface area contributed by atoms with E-state index in [1.165, 1.54) is 11.1 Å². The Morgan fingerprint density at radius 2 is 1.79 bits per heavy atom. The number of rotatable bonds is 4. The fourth-order valence-corrected chi connectivity index (χ4v) is 1.61. The van der Waals surface area contributed by atoms with Crippen molar-refractivity contribution in [3.05, 3.63) is 34.9 Å². The minimum atomic E-state index is 0.123. The number of aryl methyl sites for hydroxylation is 2. The zero-order chi connectivity index (χ0) is 10.6. The third-order valence-electron chi connectivity index (χ3n) is 1.99. The van der Waals surface area contributed by atoms with E-state index in [0.29, 0.717) is 6.42 Å². The molecule has 76 valence electrons. The van der Waals surface area contributed by atoms with Gasteiger partial charge in [-0.2, -0.15) is 0 Å². The van der Waals surface area contributed by atoms with Gasteiger partial charge in [0.1, 0.15) is 6.61 Å². The molecule has 2 heteroatoms. The molecule has 0 aliphatic heterocycles.